The van der Waals surface area contributed by atoms with Crippen LogP contribution in [0.15, 0.2) is 94.0 Å². The Balaban J connectivity index is 1.53. The average Bonchev–Trinajstić information content (AvgIpc) is 3.42. The molecular formula is C29H28N4O2S2. The van der Waals surface area contributed by atoms with Gasteiger partial charge in [0.1, 0.15) is 0 Å². The summed E-state index contributed by atoms with van der Waals surface area (Å²) in [5, 5.41) is 21.8. The van der Waals surface area contributed by atoms with Crippen molar-refractivity contribution in [3.8, 4) is 6.07 Å². The number of rotatable bonds is 8. The molecule has 6 nitrogen and oxygen atoms in total. The molecule has 1 aromatic heterocycles. The first-order chi connectivity index (χ1) is 17.9. The Morgan fingerprint density at radius 3 is 2.35 bits per heavy atom. The number of nitrogens with one attached hydrogen (secondary N) is 3. The topological polar surface area (TPSA) is 94.0 Å². The number of amides is 2. The molecule has 1 atom stereocenters. The van der Waals surface area contributed by atoms with Crippen molar-refractivity contribution < 1.29 is 9.59 Å². The predicted molar refractivity (Wildman–Crippen MR) is 152 cm³/mol. The van der Waals surface area contributed by atoms with E-state index in [0.29, 0.717) is 33.5 Å². The van der Waals surface area contributed by atoms with Crippen molar-refractivity contribution in [2.24, 2.45) is 0 Å². The lowest BCUT2D eigenvalue weighted by atomic mass is 9.86. The summed E-state index contributed by atoms with van der Waals surface area (Å²) in [6, 6.07) is 23.2. The highest BCUT2D eigenvalue weighted by Gasteiger charge is 2.35. The van der Waals surface area contributed by atoms with Gasteiger partial charge in [-0.2, -0.15) is 5.26 Å². The number of benzene rings is 2. The molecule has 2 aromatic carbocycles. The summed E-state index contributed by atoms with van der Waals surface area (Å²) in [4.78, 5) is 27.0. The van der Waals surface area contributed by atoms with Gasteiger partial charge in [-0.3, -0.25) is 9.59 Å². The zero-order chi connectivity index (χ0) is 26.4. The maximum Gasteiger partial charge on any atom is 0.254 e. The second kappa shape index (κ2) is 12.0. The zero-order valence-corrected chi connectivity index (χ0v) is 22.5. The maximum absolute atomic E-state index is 13.4. The van der Waals surface area contributed by atoms with Crippen molar-refractivity contribution in [2.75, 3.05) is 16.4 Å². The zero-order valence-electron chi connectivity index (χ0n) is 20.9. The number of allylic oxidation sites excluding steroid dienone is 2. The molecule has 188 valence electrons. The van der Waals surface area contributed by atoms with E-state index in [2.05, 4.69) is 35.9 Å². The van der Waals surface area contributed by atoms with Gasteiger partial charge in [-0.15, -0.1) is 11.3 Å². The quantitative estimate of drug-likeness (QED) is 0.307. The molecule has 2 amide bonds. The van der Waals surface area contributed by atoms with E-state index < -0.39 is 5.92 Å². The molecule has 4 rings (SSSR count). The van der Waals surface area contributed by atoms with E-state index in [9.17, 15) is 14.9 Å². The van der Waals surface area contributed by atoms with Crippen LogP contribution in [0.1, 0.15) is 43.0 Å². The van der Waals surface area contributed by atoms with Gasteiger partial charge < -0.3 is 16.0 Å². The molecular weight excluding hydrogens is 500 g/mol. The number of thioether (sulfide) groups is 1. The van der Waals surface area contributed by atoms with Gasteiger partial charge in [0.05, 0.1) is 28.3 Å². The fourth-order valence-corrected chi connectivity index (χ4v) is 5.81. The largest absolute Gasteiger partial charge is 0.353 e. The van der Waals surface area contributed by atoms with Crippen LogP contribution >= 0.6 is 23.1 Å². The smallest absolute Gasteiger partial charge is 0.254 e. The van der Waals surface area contributed by atoms with Crippen LogP contribution < -0.4 is 16.0 Å². The third-order valence-corrected chi connectivity index (χ3v) is 7.91. The third kappa shape index (κ3) is 6.31. The summed E-state index contributed by atoms with van der Waals surface area (Å²) in [5.41, 5.74) is 4.17. The molecule has 8 heteroatoms. The number of hydrogen-bond donors (Lipinski definition) is 3. The number of hydrogen-bond acceptors (Lipinski definition) is 6. The molecule has 1 aliphatic heterocycles. The van der Waals surface area contributed by atoms with E-state index >= 15 is 0 Å². The van der Waals surface area contributed by atoms with Crippen LogP contribution in [0.2, 0.25) is 0 Å². The SMILES string of the molecule is CC1=C(C(=O)Nc2ccccc2)[C@H](c2cccs2)C(C#N)=C(SCC(=O)Nc2ccc(C(C)C)cc2)N1. The highest BCUT2D eigenvalue weighted by molar-refractivity contribution is 8.03. The highest BCUT2D eigenvalue weighted by Crippen LogP contribution is 2.42. The Bertz CT molecular complexity index is 1370. The number of nitrogens with zero attached hydrogens (tertiary/aromatic N) is 1. The van der Waals surface area contributed by atoms with Crippen LogP contribution in [0.4, 0.5) is 11.4 Å². The molecule has 3 N–H and O–H groups in total. The summed E-state index contributed by atoms with van der Waals surface area (Å²) in [6.07, 6.45) is 0. The molecule has 2 heterocycles. The van der Waals surface area contributed by atoms with Crippen LogP contribution in [0.25, 0.3) is 0 Å². The number of dihydropyridines is 1. The van der Waals surface area contributed by atoms with Gasteiger partial charge in [0.25, 0.3) is 5.91 Å². The Labute approximate surface area is 225 Å². The standard InChI is InChI=1S/C29H28N4O2S2/c1-18(2)20-11-13-22(14-12-20)32-25(34)17-37-29-23(16-30)27(24-10-7-15-36-24)26(19(3)31-29)28(35)33-21-8-5-4-6-9-21/h4-15,18,27,31H,17H2,1-3H3,(H,32,34)(H,33,35)/t27-/m0/s1. The van der Waals surface area contributed by atoms with Crippen molar-refractivity contribution in [3.63, 3.8) is 0 Å². The molecule has 1 aliphatic rings. The van der Waals surface area contributed by atoms with Crippen molar-refractivity contribution in [1.82, 2.24) is 5.32 Å². The summed E-state index contributed by atoms with van der Waals surface area (Å²) >= 11 is 2.75. The molecule has 0 saturated heterocycles. The number of carbonyl (C=O) groups excluding carboxylic acids is 2. The van der Waals surface area contributed by atoms with Gasteiger partial charge in [0, 0.05) is 27.5 Å². The summed E-state index contributed by atoms with van der Waals surface area (Å²) in [5.74, 6) is -0.426. The average molecular weight is 529 g/mol. The van der Waals surface area contributed by atoms with Gasteiger partial charge in [-0.05, 0) is 54.1 Å². The molecule has 0 bridgehead atoms. The molecule has 0 fully saturated rings. The number of nitriles is 1. The van der Waals surface area contributed by atoms with Gasteiger partial charge in [0.15, 0.2) is 0 Å². The lowest BCUT2D eigenvalue weighted by Gasteiger charge is -2.29. The van der Waals surface area contributed by atoms with Crippen molar-refractivity contribution in [1.29, 1.82) is 5.26 Å². The molecule has 37 heavy (non-hydrogen) atoms. The monoisotopic (exact) mass is 528 g/mol. The molecule has 0 spiro atoms. The van der Waals surface area contributed by atoms with Gasteiger partial charge in [0.2, 0.25) is 5.91 Å². The number of anilines is 2. The fourth-order valence-electron chi connectivity index (χ4n) is 4.07. The lowest BCUT2D eigenvalue weighted by Crippen LogP contribution is -2.30. The minimum Gasteiger partial charge on any atom is -0.353 e. The van der Waals surface area contributed by atoms with Gasteiger partial charge in [-0.25, -0.2) is 0 Å². The Hall–Kier alpha value is -3.80. The fraction of sp³-hybridized carbons (Fsp3) is 0.207. The van der Waals surface area contributed by atoms with Crippen LogP contribution in [-0.2, 0) is 9.59 Å². The summed E-state index contributed by atoms with van der Waals surface area (Å²) < 4.78 is 0. The van der Waals surface area contributed by atoms with Crippen molar-refractivity contribution in [2.45, 2.75) is 32.6 Å². The first-order valence-electron chi connectivity index (χ1n) is 11.9. The maximum atomic E-state index is 13.4. The second-order valence-electron chi connectivity index (χ2n) is 8.90. The number of thiophene rings is 1. The molecule has 0 aliphatic carbocycles. The van der Waals surface area contributed by atoms with E-state index in [1.165, 1.54) is 28.7 Å². The van der Waals surface area contributed by atoms with Gasteiger partial charge >= 0.3 is 0 Å². The highest BCUT2D eigenvalue weighted by atomic mass is 32.2. The Morgan fingerprint density at radius 2 is 1.73 bits per heavy atom. The van der Waals surface area contributed by atoms with Gasteiger partial charge in [-0.1, -0.05) is 62.0 Å². The lowest BCUT2D eigenvalue weighted by molar-refractivity contribution is -0.114. The Kier molecular flexibility index (Phi) is 8.49. The molecule has 0 saturated carbocycles. The normalized spacial score (nSPS) is 15.3. The summed E-state index contributed by atoms with van der Waals surface area (Å²) in [7, 11) is 0. The summed E-state index contributed by atoms with van der Waals surface area (Å²) in [6.45, 7) is 6.07. The van der Waals surface area contributed by atoms with Crippen LogP contribution in [0, 0.1) is 11.3 Å². The third-order valence-electron chi connectivity index (χ3n) is 5.96. The van der Waals surface area contributed by atoms with Crippen LogP contribution in [-0.4, -0.2) is 17.6 Å². The first-order valence-corrected chi connectivity index (χ1v) is 13.8. The molecule has 3 aromatic rings. The van der Waals surface area contributed by atoms with E-state index in [1.54, 1.807) is 0 Å². The minimum absolute atomic E-state index is 0.120. The number of para-hydroxylation sites is 1. The van der Waals surface area contributed by atoms with E-state index in [4.69, 9.17) is 0 Å². The van der Waals surface area contributed by atoms with E-state index in [-0.39, 0.29) is 17.6 Å². The molecule has 0 radical (unpaired) electrons. The second-order valence-corrected chi connectivity index (χ2v) is 10.9. The van der Waals surface area contributed by atoms with Crippen LogP contribution in [0.3, 0.4) is 0 Å². The number of carbonyl (C=O) groups is 2. The van der Waals surface area contributed by atoms with Crippen molar-refractivity contribution >= 4 is 46.3 Å². The molecule has 0 unspecified atom stereocenters. The van der Waals surface area contributed by atoms with Crippen LogP contribution in [0.5, 0.6) is 0 Å². The van der Waals surface area contributed by atoms with E-state index in [1.807, 2.05) is 79.0 Å². The minimum atomic E-state index is -0.524. The Morgan fingerprint density at radius 1 is 1.03 bits per heavy atom. The van der Waals surface area contributed by atoms with Crippen molar-refractivity contribution in [3.05, 3.63) is 104 Å². The predicted octanol–water partition coefficient (Wildman–Crippen LogP) is 6.58. The first kappa shape index (κ1) is 26.3. The van der Waals surface area contributed by atoms with E-state index in [0.717, 1.165) is 10.6 Å².